The van der Waals surface area contributed by atoms with Crippen LogP contribution < -0.4 is 0 Å². The fourth-order valence-electron chi connectivity index (χ4n) is 6.12. The minimum Gasteiger partial charge on any atom is -0.481 e. The summed E-state index contributed by atoms with van der Waals surface area (Å²) in [5, 5.41) is 8.52. The maximum atomic E-state index is 11.8. The van der Waals surface area contributed by atoms with Gasteiger partial charge in [0, 0.05) is 12.8 Å². The maximum absolute atomic E-state index is 11.8. The first kappa shape index (κ1) is 47.1. The van der Waals surface area contributed by atoms with Gasteiger partial charge in [-0.2, -0.15) is 0 Å². The van der Waals surface area contributed by atoms with Crippen LogP contribution in [0.25, 0.3) is 0 Å². The minimum absolute atomic E-state index is 0.0167. The second-order valence-electron chi connectivity index (χ2n) is 14.2. The smallest absolute Gasteiger partial charge is 0.305 e. The fraction of sp³-hybridized carbons (Fsp3) is 0.952. The van der Waals surface area contributed by atoms with Crippen molar-refractivity contribution in [1.82, 2.24) is 0 Å². The predicted molar refractivity (Wildman–Crippen MR) is 202 cm³/mol. The quantitative estimate of drug-likeness (QED) is 0.0540. The van der Waals surface area contributed by atoms with Crippen LogP contribution in [-0.4, -0.2) is 23.7 Å². The van der Waals surface area contributed by atoms with Crippen LogP contribution in [0, 0.1) is 5.92 Å². The highest BCUT2D eigenvalue weighted by Crippen LogP contribution is 2.16. The van der Waals surface area contributed by atoms with Crippen molar-refractivity contribution in [1.29, 1.82) is 0 Å². The van der Waals surface area contributed by atoms with Gasteiger partial charge in [-0.1, -0.05) is 214 Å². The van der Waals surface area contributed by atoms with E-state index in [4.69, 9.17) is 9.84 Å². The van der Waals surface area contributed by atoms with Crippen LogP contribution in [0.4, 0.5) is 0 Å². The molecule has 0 aliphatic carbocycles. The van der Waals surface area contributed by atoms with Gasteiger partial charge in [0.05, 0.1) is 6.61 Å². The van der Waals surface area contributed by atoms with Crippen molar-refractivity contribution >= 4 is 11.9 Å². The number of carbonyl (C=O) groups is 2. The Balaban J connectivity index is 0. The molecule has 4 heteroatoms. The van der Waals surface area contributed by atoms with Crippen molar-refractivity contribution in [3.8, 4) is 0 Å². The molecule has 0 radical (unpaired) electrons. The standard InChI is InChI=1S/C24H48O2.C18H36O2/c1-4-7-9-10-11-12-13-14-15-16-17-18-19-21-24(25)26-22-23(6-3)20-8-5-2;1-2-3-4-5-6-7-8-9-10-11-12-13-14-15-16-17-18(19)20/h23H,4-22H2,1-3H3;2-17H2,1H3,(H,19,20). The van der Waals surface area contributed by atoms with E-state index in [1.54, 1.807) is 0 Å². The summed E-state index contributed by atoms with van der Waals surface area (Å²) in [5.74, 6) is -0.0757. The SMILES string of the molecule is CCCCCCCCCCCCCCCC(=O)OCC(CC)CCCC.CCCCCCCCCCCCCCCCCC(=O)O. The number of aliphatic carboxylic acids is 1. The third-order valence-corrected chi connectivity index (χ3v) is 9.50. The molecule has 0 fully saturated rings. The molecular formula is C42H84O4. The first-order chi connectivity index (χ1) is 22.5. The molecule has 1 N–H and O–H groups in total. The summed E-state index contributed by atoms with van der Waals surface area (Å²) in [4.78, 5) is 22.1. The maximum Gasteiger partial charge on any atom is 0.305 e. The van der Waals surface area contributed by atoms with Crippen molar-refractivity contribution in [2.75, 3.05) is 6.61 Å². The van der Waals surface area contributed by atoms with E-state index in [9.17, 15) is 9.59 Å². The third kappa shape index (κ3) is 42.9. The highest BCUT2D eigenvalue weighted by Gasteiger charge is 2.09. The van der Waals surface area contributed by atoms with Gasteiger partial charge in [0.1, 0.15) is 0 Å². The fourth-order valence-corrected chi connectivity index (χ4v) is 6.12. The Kier molecular flexibility index (Phi) is 42.9. The summed E-state index contributed by atoms with van der Waals surface area (Å²) in [6.07, 6.45) is 43.0. The predicted octanol–water partition coefficient (Wildman–Crippen LogP) is 14.6. The van der Waals surface area contributed by atoms with Crippen molar-refractivity contribution in [3.63, 3.8) is 0 Å². The van der Waals surface area contributed by atoms with Gasteiger partial charge in [0.2, 0.25) is 0 Å². The summed E-state index contributed by atoms with van der Waals surface area (Å²) < 4.78 is 5.46. The molecule has 0 aliphatic rings. The number of esters is 1. The van der Waals surface area contributed by atoms with Gasteiger partial charge in [-0.15, -0.1) is 0 Å². The molecule has 0 aromatic carbocycles. The van der Waals surface area contributed by atoms with Gasteiger partial charge in [0.25, 0.3) is 0 Å². The summed E-state index contributed by atoms with van der Waals surface area (Å²) in [6.45, 7) is 9.59. The van der Waals surface area contributed by atoms with E-state index in [1.165, 1.54) is 180 Å². The molecule has 4 nitrogen and oxygen atoms in total. The number of hydrogen-bond acceptors (Lipinski definition) is 3. The van der Waals surface area contributed by atoms with E-state index < -0.39 is 5.97 Å². The van der Waals surface area contributed by atoms with Crippen LogP contribution in [-0.2, 0) is 14.3 Å². The zero-order valence-electron chi connectivity index (χ0n) is 32.0. The average molecular weight is 653 g/mol. The van der Waals surface area contributed by atoms with Crippen LogP contribution in [0.3, 0.4) is 0 Å². The Bertz CT molecular complexity index is 590. The molecule has 46 heavy (non-hydrogen) atoms. The normalized spacial score (nSPS) is 11.7. The van der Waals surface area contributed by atoms with E-state index in [-0.39, 0.29) is 5.97 Å². The Hall–Kier alpha value is -1.06. The molecule has 0 spiro atoms. The van der Waals surface area contributed by atoms with Gasteiger partial charge >= 0.3 is 11.9 Å². The molecular weight excluding hydrogens is 568 g/mol. The lowest BCUT2D eigenvalue weighted by atomic mass is 10.0. The number of carboxylic acid groups (broad SMARTS) is 1. The number of carbonyl (C=O) groups excluding carboxylic acids is 1. The number of ether oxygens (including phenoxy) is 1. The molecule has 0 saturated heterocycles. The van der Waals surface area contributed by atoms with E-state index >= 15 is 0 Å². The summed E-state index contributed by atoms with van der Waals surface area (Å²) in [5.41, 5.74) is 0. The average Bonchev–Trinajstić information content (AvgIpc) is 3.05. The minimum atomic E-state index is -0.653. The van der Waals surface area contributed by atoms with Crippen LogP contribution >= 0.6 is 0 Å². The molecule has 0 heterocycles. The van der Waals surface area contributed by atoms with E-state index in [0.717, 1.165) is 25.7 Å². The zero-order valence-corrected chi connectivity index (χ0v) is 32.0. The highest BCUT2D eigenvalue weighted by molar-refractivity contribution is 5.69. The van der Waals surface area contributed by atoms with Gasteiger partial charge < -0.3 is 9.84 Å². The lowest BCUT2D eigenvalue weighted by Gasteiger charge is -2.14. The molecule has 0 saturated carbocycles. The van der Waals surface area contributed by atoms with Crippen molar-refractivity contribution in [3.05, 3.63) is 0 Å². The Morgan fingerprint density at radius 3 is 1.04 bits per heavy atom. The van der Waals surface area contributed by atoms with E-state index in [2.05, 4.69) is 27.7 Å². The van der Waals surface area contributed by atoms with Gasteiger partial charge in [-0.3, -0.25) is 9.59 Å². The molecule has 1 unspecified atom stereocenters. The summed E-state index contributed by atoms with van der Waals surface area (Å²) in [7, 11) is 0. The number of unbranched alkanes of at least 4 members (excludes halogenated alkanes) is 27. The second-order valence-corrected chi connectivity index (χ2v) is 14.2. The first-order valence-electron chi connectivity index (χ1n) is 20.9. The van der Waals surface area contributed by atoms with Crippen LogP contribution in [0.2, 0.25) is 0 Å². The van der Waals surface area contributed by atoms with Crippen molar-refractivity contribution in [2.45, 2.75) is 246 Å². The van der Waals surface area contributed by atoms with Gasteiger partial charge in [0.15, 0.2) is 0 Å². The second kappa shape index (κ2) is 42.0. The lowest BCUT2D eigenvalue weighted by Crippen LogP contribution is -2.13. The Morgan fingerprint density at radius 2 is 0.739 bits per heavy atom. The molecule has 0 aromatic rings. The van der Waals surface area contributed by atoms with Crippen LogP contribution in [0.15, 0.2) is 0 Å². The summed E-state index contributed by atoms with van der Waals surface area (Å²) >= 11 is 0. The van der Waals surface area contributed by atoms with Crippen LogP contribution in [0.5, 0.6) is 0 Å². The molecule has 0 amide bonds. The largest absolute Gasteiger partial charge is 0.481 e. The monoisotopic (exact) mass is 653 g/mol. The topological polar surface area (TPSA) is 63.6 Å². The first-order valence-corrected chi connectivity index (χ1v) is 20.9. The zero-order chi connectivity index (χ0) is 34.2. The number of rotatable bonds is 36. The van der Waals surface area contributed by atoms with Crippen molar-refractivity contribution < 1.29 is 19.4 Å². The molecule has 0 bridgehead atoms. The summed E-state index contributed by atoms with van der Waals surface area (Å²) in [6, 6.07) is 0. The third-order valence-electron chi connectivity index (χ3n) is 9.50. The molecule has 0 aromatic heterocycles. The van der Waals surface area contributed by atoms with E-state index in [0.29, 0.717) is 25.4 Å². The molecule has 276 valence electrons. The number of carboxylic acids is 1. The van der Waals surface area contributed by atoms with Crippen LogP contribution in [0.1, 0.15) is 246 Å². The van der Waals surface area contributed by atoms with Gasteiger partial charge in [-0.05, 0) is 25.2 Å². The molecule has 0 aliphatic heterocycles. The Labute approximate surface area is 289 Å². The highest BCUT2D eigenvalue weighted by atomic mass is 16.5. The lowest BCUT2D eigenvalue weighted by molar-refractivity contribution is -0.145. The number of hydrogen-bond donors (Lipinski definition) is 1. The molecule has 0 rings (SSSR count). The molecule has 1 atom stereocenters. The van der Waals surface area contributed by atoms with Crippen molar-refractivity contribution in [2.24, 2.45) is 5.92 Å². The Morgan fingerprint density at radius 1 is 0.435 bits per heavy atom. The van der Waals surface area contributed by atoms with Gasteiger partial charge in [-0.25, -0.2) is 0 Å². The van der Waals surface area contributed by atoms with E-state index in [1.807, 2.05) is 0 Å².